The van der Waals surface area contributed by atoms with Gasteiger partial charge in [-0.25, -0.2) is 4.98 Å². The molecule has 0 aliphatic heterocycles. The molecule has 3 rings (SSSR count). The third kappa shape index (κ3) is 3.40. The second-order valence-electron chi connectivity index (χ2n) is 5.40. The largest absolute Gasteiger partial charge is 0.434 e. The van der Waals surface area contributed by atoms with E-state index in [1.807, 2.05) is 50.2 Å². The van der Waals surface area contributed by atoms with E-state index < -0.39 is 6.61 Å². The number of ether oxygens (including phenoxy) is 1. The Kier molecular flexibility index (Phi) is 4.51. The van der Waals surface area contributed by atoms with E-state index in [1.54, 1.807) is 18.3 Å². The van der Waals surface area contributed by atoms with Crippen LogP contribution in [-0.2, 0) is 0 Å². The van der Waals surface area contributed by atoms with E-state index in [2.05, 4.69) is 14.7 Å². The van der Waals surface area contributed by atoms with Crippen molar-refractivity contribution in [2.45, 2.75) is 20.5 Å². The van der Waals surface area contributed by atoms with Crippen molar-refractivity contribution < 1.29 is 13.5 Å². The second kappa shape index (κ2) is 6.74. The standard InChI is InChI=1S/C19H16F2N2O/c1-12-11-22-13(2)18(23-12)15-8-9-17(24-19(20)21)16(10-15)14-6-4-3-5-7-14/h3-11,19H,1-2H3. The molecule has 122 valence electrons. The molecule has 3 aromatic rings. The summed E-state index contributed by atoms with van der Waals surface area (Å²) < 4.78 is 30.1. The number of aryl methyl sites for hydroxylation is 2. The molecule has 1 heterocycles. The van der Waals surface area contributed by atoms with E-state index in [9.17, 15) is 8.78 Å². The van der Waals surface area contributed by atoms with Gasteiger partial charge < -0.3 is 4.74 Å². The first-order valence-corrected chi connectivity index (χ1v) is 7.49. The maximum absolute atomic E-state index is 12.7. The van der Waals surface area contributed by atoms with Gasteiger partial charge in [0.15, 0.2) is 0 Å². The number of nitrogens with zero attached hydrogens (tertiary/aromatic N) is 2. The van der Waals surface area contributed by atoms with Crippen LogP contribution in [0.4, 0.5) is 8.78 Å². The highest BCUT2D eigenvalue weighted by Crippen LogP contribution is 2.35. The molecule has 24 heavy (non-hydrogen) atoms. The zero-order valence-corrected chi connectivity index (χ0v) is 13.3. The Bertz CT molecular complexity index is 851. The van der Waals surface area contributed by atoms with Crippen LogP contribution in [-0.4, -0.2) is 16.6 Å². The van der Waals surface area contributed by atoms with Gasteiger partial charge in [0, 0.05) is 17.3 Å². The Morgan fingerprint density at radius 2 is 1.71 bits per heavy atom. The minimum Gasteiger partial charge on any atom is -0.434 e. The summed E-state index contributed by atoms with van der Waals surface area (Å²) in [4.78, 5) is 8.83. The van der Waals surface area contributed by atoms with Crippen molar-refractivity contribution in [3.8, 4) is 28.1 Å². The van der Waals surface area contributed by atoms with E-state index in [4.69, 9.17) is 0 Å². The molecule has 0 atom stereocenters. The lowest BCUT2D eigenvalue weighted by Crippen LogP contribution is -2.03. The van der Waals surface area contributed by atoms with Crippen molar-refractivity contribution in [2.75, 3.05) is 0 Å². The number of benzene rings is 2. The van der Waals surface area contributed by atoms with E-state index in [-0.39, 0.29) is 5.75 Å². The molecule has 5 heteroatoms. The van der Waals surface area contributed by atoms with E-state index in [0.717, 1.165) is 28.2 Å². The molecule has 0 unspecified atom stereocenters. The summed E-state index contributed by atoms with van der Waals surface area (Å²) in [6, 6.07) is 14.4. The zero-order valence-electron chi connectivity index (χ0n) is 13.3. The van der Waals surface area contributed by atoms with E-state index in [1.165, 1.54) is 0 Å². The molecule has 0 amide bonds. The van der Waals surface area contributed by atoms with Gasteiger partial charge in [0.25, 0.3) is 0 Å². The van der Waals surface area contributed by atoms with Crippen LogP contribution in [0.2, 0.25) is 0 Å². The molecule has 0 saturated heterocycles. The molecule has 0 radical (unpaired) electrons. The lowest BCUT2D eigenvalue weighted by atomic mass is 10.00. The summed E-state index contributed by atoms with van der Waals surface area (Å²) in [5.41, 5.74) is 4.51. The summed E-state index contributed by atoms with van der Waals surface area (Å²) in [6.45, 7) is 0.856. The fourth-order valence-corrected chi connectivity index (χ4v) is 2.53. The quantitative estimate of drug-likeness (QED) is 0.674. The summed E-state index contributed by atoms with van der Waals surface area (Å²) in [5, 5.41) is 0. The van der Waals surface area contributed by atoms with Gasteiger partial charge >= 0.3 is 6.61 Å². The molecular formula is C19H16F2N2O. The van der Waals surface area contributed by atoms with Crippen molar-refractivity contribution in [3.63, 3.8) is 0 Å². The minimum atomic E-state index is -2.88. The number of alkyl halides is 2. The highest BCUT2D eigenvalue weighted by molar-refractivity contribution is 5.77. The molecule has 0 N–H and O–H groups in total. The fourth-order valence-electron chi connectivity index (χ4n) is 2.53. The maximum atomic E-state index is 12.7. The van der Waals surface area contributed by atoms with Crippen molar-refractivity contribution >= 4 is 0 Å². The van der Waals surface area contributed by atoms with Crippen LogP contribution in [0.1, 0.15) is 11.4 Å². The molecule has 0 bridgehead atoms. The SMILES string of the molecule is Cc1cnc(C)c(-c2ccc(OC(F)F)c(-c3ccccc3)c2)n1. The normalized spacial score (nSPS) is 10.9. The smallest absolute Gasteiger partial charge is 0.387 e. The van der Waals surface area contributed by atoms with Crippen molar-refractivity contribution in [1.29, 1.82) is 0 Å². The third-order valence-electron chi connectivity index (χ3n) is 3.63. The Morgan fingerprint density at radius 3 is 2.42 bits per heavy atom. The van der Waals surface area contributed by atoms with Crippen molar-refractivity contribution in [1.82, 2.24) is 9.97 Å². The first kappa shape index (κ1) is 16.1. The number of halogens is 2. The van der Waals surface area contributed by atoms with Crippen LogP contribution < -0.4 is 4.74 Å². The van der Waals surface area contributed by atoms with Gasteiger partial charge in [0.2, 0.25) is 0 Å². The second-order valence-corrected chi connectivity index (χ2v) is 5.40. The zero-order chi connectivity index (χ0) is 17.1. The molecular weight excluding hydrogens is 310 g/mol. The summed E-state index contributed by atoms with van der Waals surface area (Å²) in [6.07, 6.45) is 1.70. The molecule has 0 fully saturated rings. The highest BCUT2D eigenvalue weighted by atomic mass is 19.3. The molecule has 0 aliphatic carbocycles. The number of hydrogen-bond donors (Lipinski definition) is 0. The van der Waals surface area contributed by atoms with Gasteiger partial charge in [0.1, 0.15) is 5.75 Å². The topological polar surface area (TPSA) is 35.0 Å². The van der Waals surface area contributed by atoms with Crippen LogP contribution in [0.15, 0.2) is 54.7 Å². The van der Waals surface area contributed by atoms with Gasteiger partial charge in [-0.3, -0.25) is 4.98 Å². The molecule has 0 aliphatic rings. The lowest BCUT2D eigenvalue weighted by molar-refractivity contribution is -0.0494. The van der Waals surface area contributed by atoms with Crippen LogP contribution in [0.3, 0.4) is 0 Å². The maximum Gasteiger partial charge on any atom is 0.387 e. The van der Waals surface area contributed by atoms with Crippen molar-refractivity contribution in [3.05, 3.63) is 66.1 Å². The van der Waals surface area contributed by atoms with E-state index in [0.29, 0.717) is 5.56 Å². The average molecular weight is 326 g/mol. The monoisotopic (exact) mass is 326 g/mol. The van der Waals surface area contributed by atoms with Crippen molar-refractivity contribution in [2.24, 2.45) is 0 Å². The molecule has 1 aromatic heterocycles. The summed E-state index contributed by atoms with van der Waals surface area (Å²) in [7, 11) is 0. The van der Waals surface area contributed by atoms with Gasteiger partial charge in [-0.1, -0.05) is 30.3 Å². The number of rotatable bonds is 4. The summed E-state index contributed by atoms with van der Waals surface area (Å²) >= 11 is 0. The number of hydrogen-bond acceptors (Lipinski definition) is 3. The number of aromatic nitrogens is 2. The highest BCUT2D eigenvalue weighted by Gasteiger charge is 2.14. The van der Waals surface area contributed by atoms with Crippen LogP contribution in [0.25, 0.3) is 22.4 Å². The lowest BCUT2D eigenvalue weighted by Gasteiger charge is -2.13. The first-order chi connectivity index (χ1) is 11.5. The predicted octanol–water partition coefficient (Wildman–Crippen LogP) is 5.03. The van der Waals surface area contributed by atoms with E-state index >= 15 is 0 Å². The average Bonchev–Trinajstić information content (AvgIpc) is 2.58. The van der Waals surface area contributed by atoms with Crippen LogP contribution in [0, 0.1) is 13.8 Å². The Labute approximate surface area is 139 Å². The minimum absolute atomic E-state index is 0.137. The molecule has 0 saturated carbocycles. The van der Waals surface area contributed by atoms with Crippen LogP contribution in [0.5, 0.6) is 5.75 Å². The molecule has 0 spiro atoms. The first-order valence-electron chi connectivity index (χ1n) is 7.49. The Hall–Kier alpha value is -2.82. The van der Waals surface area contributed by atoms with Gasteiger partial charge in [-0.15, -0.1) is 0 Å². The Morgan fingerprint density at radius 1 is 0.958 bits per heavy atom. The van der Waals surface area contributed by atoms with Gasteiger partial charge in [0.05, 0.1) is 17.1 Å². The van der Waals surface area contributed by atoms with Gasteiger partial charge in [-0.05, 0) is 37.6 Å². The molecule has 2 aromatic carbocycles. The molecule has 3 nitrogen and oxygen atoms in total. The third-order valence-corrected chi connectivity index (χ3v) is 3.63. The Balaban J connectivity index is 2.15. The van der Waals surface area contributed by atoms with Crippen LogP contribution >= 0.6 is 0 Å². The van der Waals surface area contributed by atoms with Gasteiger partial charge in [-0.2, -0.15) is 8.78 Å². The summed E-state index contributed by atoms with van der Waals surface area (Å²) in [5.74, 6) is 0.137. The predicted molar refractivity (Wildman–Crippen MR) is 89.0 cm³/mol. The fraction of sp³-hybridized carbons (Fsp3) is 0.158.